The van der Waals surface area contributed by atoms with Crippen molar-refractivity contribution in [2.45, 2.75) is 33.3 Å². The number of ether oxygens (including phenoxy) is 1. The van der Waals surface area contributed by atoms with E-state index in [0.717, 1.165) is 6.07 Å². The fourth-order valence-electron chi connectivity index (χ4n) is 2.54. The number of hydrogen-bond acceptors (Lipinski definition) is 6. The highest BCUT2D eigenvalue weighted by Crippen LogP contribution is 2.38. The largest absolute Gasteiger partial charge is 0.508 e. The van der Waals surface area contributed by atoms with Gasteiger partial charge < -0.3 is 20.1 Å². The number of carbonyl (C=O) groups is 2. The highest BCUT2D eigenvalue weighted by molar-refractivity contribution is 5.98. The molecule has 6 nitrogen and oxygen atoms in total. The number of Topliss-reactive ketones (excluding diaryl/α,β-unsaturated/α-hetero) is 2. The van der Waals surface area contributed by atoms with Crippen molar-refractivity contribution in [3.05, 3.63) is 53.1 Å². The second kappa shape index (κ2) is 7.53. The highest BCUT2D eigenvalue weighted by atomic mass is 16.5. The van der Waals surface area contributed by atoms with Crippen molar-refractivity contribution >= 4 is 17.6 Å². The summed E-state index contributed by atoms with van der Waals surface area (Å²) in [7, 11) is 0. The smallest absolute Gasteiger partial charge is 0.163 e. The van der Waals surface area contributed by atoms with E-state index in [1.807, 2.05) is 19.9 Å². The van der Waals surface area contributed by atoms with E-state index in [1.54, 1.807) is 18.2 Å². The van der Waals surface area contributed by atoms with Crippen molar-refractivity contribution in [1.29, 1.82) is 0 Å². The zero-order valence-corrected chi connectivity index (χ0v) is 15.6. The molecule has 142 valence electrons. The lowest BCUT2D eigenvalue weighted by Crippen LogP contribution is -2.27. The van der Waals surface area contributed by atoms with Crippen LogP contribution in [0, 0.1) is 0 Å². The van der Waals surface area contributed by atoms with Gasteiger partial charge in [-0.15, -0.1) is 0 Å². The fraction of sp³-hybridized carbons (Fsp3) is 0.238. The number of carbonyl (C=O) groups excluding carboxylic acids is 2. The van der Waals surface area contributed by atoms with Crippen LogP contribution in [0.25, 0.3) is 6.08 Å². The van der Waals surface area contributed by atoms with Crippen molar-refractivity contribution in [2.75, 3.05) is 0 Å². The first-order valence-corrected chi connectivity index (χ1v) is 8.30. The molecule has 0 bridgehead atoms. The van der Waals surface area contributed by atoms with Gasteiger partial charge in [0.05, 0.1) is 16.7 Å². The quantitative estimate of drug-likeness (QED) is 0.688. The Morgan fingerprint density at radius 3 is 2.07 bits per heavy atom. The van der Waals surface area contributed by atoms with Crippen LogP contribution in [0.1, 0.15) is 54.0 Å². The molecular weight excluding hydrogens is 348 g/mol. The van der Waals surface area contributed by atoms with Gasteiger partial charge in [-0.1, -0.05) is 0 Å². The van der Waals surface area contributed by atoms with Gasteiger partial charge in [-0.05, 0) is 64.1 Å². The molecule has 2 aromatic rings. The lowest BCUT2D eigenvalue weighted by molar-refractivity contribution is 0.100. The first-order valence-electron chi connectivity index (χ1n) is 8.30. The topological polar surface area (TPSA) is 104 Å². The third kappa shape index (κ3) is 4.67. The Hall–Kier alpha value is -3.28. The minimum absolute atomic E-state index is 0.00301. The SMILES string of the molecule is CC(=O)c1ccc(O)cc1O.CC(=O)c1ccc2c(c1O)C=CC(C)(C)O2. The molecule has 0 atom stereocenters. The van der Waals surface area contributed by atoms with Crippen LogP contribution in [0.3, 0.4) is 0 Å². The molecule has 3 N–H and O–H groups in total. The first kappa shape index (κ1) is 20.0. The summed E-state index contributed by atoms with van der Waals surface area (Å²) < 4.78 is 5.68. The van der Waals surface area contributed by atoms with Gasteiger partial charge in [-0.25, -0.2) is 0 Å². The third-order valence-electron chi connectivity index (χ3n) is 3.94. The molecule has 0 spiro atoms. The summed E-state index contributed by atoms with van der Waals surface area (Å²) in [5.74, 6) is -0.00205. The summed E-state index contributed by atoms with van der Waals surface area (Å²) in [6.45, 7) is 6.65. The molecule has 0 saturated carbocycles. The van der Waals surface area contributed by atoms with Gasteiger partial charge in [-0.3, -0.25) is 9.59 Å². The summed E-state index contributed by atoms with van der Waals surface area (Å²) in [4.78, 5) is 22.0. The molecule has 0 amide bonds. The van der Waals surface area contributed by atoms with Crippen molar-refractivity contribution in [2.24, 2.45) is 0 Å². The van der Waals surface area contributed by atoms with E-state index in [9.17, 15) is 14.7 Å². The minimum Gasteiger partial charge on any atom is -0.508 e. The van der Waals surface area contributed by atoms with E-state index in [2.05, 4.69) is 0 Å². The van der Waals surface area contributed by atoms with Gasteiger partial charge in [0.2, 0.25) is 0 Å². The number of aromatic hydroxyl groups is 3. The van der Waals surface area contributed by atoms with Gasteiger partial charge in [-0.2, -0.15) is 0 Å². The number of hydrogen-bond donors (Lipinski definition) is 3. The molecule has 1 aliphatic rings. The molecule has 3 rings (SSSR count). The molecule has 1 aliphatic heterocycles. The van der Waals surface area contributed by atoms with Crippen LogP contribution in [0.4, 0.5) is 0 Å². The van der Waals surface area contributed by atoms with Gasteiger partial charge in [0.15, 0.2) is 11.6 Å². The van der Waals surface area contributed by atoms with Crippen LogP contribution >= 0.6 is 0 Å². The van der Waals surface area contributed by atoms with E-state index in [-0.39, 0.29) is 40.0 Å². The Kier molecular flexibility index (Phi) is 5.59. The van der Waals surface area contributed by atoms with E-state index >= 15 is 0 Å². The summed E-state index contributed by atoms with van der Waals surface area (Å²) in [5, 5.41) is 27.9. The molecule has 27 heavy (non-hydrogen) atoms. The van der Waals surface area contributed by atoms with Crippen LogP contribution in [0.2, 0.25) is 0 Å². The average Bonchev–Trinajstić information content (AvgIpc) is 2.53. The molecule has 0 saturated heterocycles. The molecule has 0 unspecified atom stereocenters. The molecule has 6 heteroatoms. The average molecular weight is 370 g/mol. The lowest BCUT2D eigenvalue weighted by Gasteiger charge is -2.28. The van der Waals surface area contributed by atoms with E-state index in [4.69, 9.17) is 14.9 Å². The third-order valence-corrected chi connectivity index (χ3v) is 3.94. The summed E-state index contributed by atoms with van der Waals surface area (Å²) in [6, 6.07) is 7.18. The summed E-state index contributed by atoms with van der Waals surface area (Å²) in [5.41, 5.74) is 0.749. The maximum atomic E-state index is 11.3. The Morgan fingerprint density at radius 1 is 0.926 bits per heavy atom. The van der Waals surface area contributed by atoms with Crippen molar-refractivity contribution < 1.29 is 29.6 Å². The standard InChI is InChI=1S/C13H14O3.C8H8O3/c1-8(14)9-4-5-11-10(12(9)15)6-7-13(2,3)16-11;1-5(9)7-3-2-6(10)4-8(7)11/h4-7,15H,1-3H3;2-4,10-11H,1H3. The first-order chi connectivity index (χ1) is 12.5. The second-order valence-corrected chi connectivity index (χ2v) is 6.73. The van der Waals surface area contributed by atoms with E-state index in [1.165, 1.54) is 26.0 Å². The summed E-state index contributed by atoms with van der Waals surface area (Å²) >= 11 is 0. The predicted octanol–water partition coefficient (Wildman–Crippen LogP) is 4.08. The molecule has 2 aromatic carbocycles. The van der Waals surface area contributed by atoms with Gasteiger partial charge in [0.1, 0.15) is 28.6 Å². The lowest BCUT2D eigenvalue weighted by atomic mass is 9.98. The Morgan fingerprint density at radius 2 is 1.52 bits per heavy atom. The Labute approximate surface area is 157 Å². The minimum atomic E-state index is -0.378. The van der Waals surface area contributed by atoms with Gasteiger partial charge >= 0.3 is 0 Å². The number of ketones is 2. The maximum absolute atomic E-state index is 11.3. The molecule has 1 heterocycles. The highest BCUT2D eigenvalue weighted by Gasteiger charge is 2.24. The maximum Gasteiger partial charge on any atom is 0.163 e. The molecular formula is C21H22O6. The summed E-state index contributed by atoms with van der Waals surface area (Å²) in [6.07, 6.45) is 3.65. The van der Waals surface area contributed by atoms with Crippen LogP contribution in [-0.2, 0) is 0 Å². The zero-order chi connectivity index (χ0) is 20.4. The number of benzene rings is 2. The van der Waals surface area contributed by atoms with Crippen molar-refractivity contribution in [1.82, 2.24) is 0 Å². The number of phenolic OH excluding ortho intramolecular Hbond substituents is 3. The number of fused-ring (bicyclic) bond motifs is 1. The van der Waals surface area contributed by atoms with Crippen LogP contribution in [-0.4, -0.2) is 32.5 Å². The monoisotopic (exact) mass is 370 g/mol. The normalized spacial score (nSPS) is 13.6. The second-order valence-electron chi connectivity index (χ2n) is 6.73. The number of phenols is 3. The van der Waals surface area contributed by atoms with Crippen molar-refractivity contribution in [3.63, 3.8) is 0 Å². The Balaban J connectivity index is 0.000000208. The molecule has 0 radical (unpaired) electrons. The molecule has 0 aromatic heterocycles. The fourth-order valence-corrected chi connectivity index (χ4v) is 2.54. The van der Waals surface area contributed by atoms with E-state index < -0.39 is 0 Å². The Bertz CT molecular complexity index is 925. The van der Waals surface area contributed by atoms with Crippen LogP contribution < -0.4 is 4.74 Å². The van der Waals surface area contributed by atoms with Crippen molar-refractivity contribution in [3.8, 4) is 23.0 Å². The zero-order valence-electron chi connectivity index (χ0n) is 15.6. The van der Waals surface area contributed by atoms with Crippen LogP contribution in [0.15, 0.2) is 36.4 Å². The van der Waals surface area contributed by atoms with Gasteiger partial charge in [0, 0.05) is 6.07 Å². The van der Waals surface area contributed by atoms with E-state index in [0.29, 0.717) is 16.9 Å². The predicted molar refractivity (Wildman–Crippen MR) is 102 cm³/mol. The van der Waals surface area contributed by atoms with Crippen LogP contribution in [0.5, 0.6) is 23.0 Å². The molecule has 0 aliphatic carbocycles. The number of rotatable bonds is 2. The van der Waals surface area contributed by atoms with Gasteiger partial charge in [0.25, 0.3) is 0 Å². The molecule has 0 fully saturated rings.